The van der Waals surface area contributed by atoms with E-state index in [0.29, 0.717) is 5.75 Å². The van der Waals surface area contributed by atoms with Crippen LogP contribution in [0.3, 0.4) is 0 Å². The number of phenols is 1. The van der Waals surface area contributed by atoms with Gasteiger partial charge in [-0.3, -0.25) is 0 Å². The van der Waals surface area contributed by atoms with Crippen molar-refractivity contribution in [2.45, 2.75) is 13.8 Å². The van der Waals surface area contributed by atoms with Crippen molar-refractivity contribution in [1.82, 2.24) is 0 Å². The summed E-state index contributed by atoms with van der Waals surface area (Å²) >= 11 is 0. The number of phenolic OH excluding ortho intramolecular Hbond substituents is 1. The first-order valence-corrected chi connectivity index (χ1v) is 7.12. The van der Waals surface area contributed by atoms with Crippen LogP contribution in [-0.2, 0) is 0 Å². The van der Waals surface area contributed by atoms with Crippen LogP contribution in [0.25, 0.3) is 22.3 Å². The SMILES string of the molecule is Cc1ccc(-c2cccc(-c3ccccc3)c2O)c(C)c1. The Morgan fingerprint density at radius 2 is 1.38 bits per heavy atom. The fourth-order valence-corrected chi connectivity index (χ4v) is 2.73. The molecule has 0 fully saturated rings. The van der Waals surface area contributed by atoms with Gasteiger partial charge in [0, 0.05) is 11.1 Å². The minimum absolute atomic E-state index is 0.343. The topological polar surface area (TPSA) is 20.2 Å². The first-order chi connectivity index (χ1) is 10.2. The van der Waals surface area contributed by atoms with Gasteiger partial charge in [-0.25, -0.2) is 0 Å². The van der Waals surface area contributed by atoms with Gasteiger partial charge in [0.15, 0.2) is 0 Å². The molecule has 1 heteroatoms. The molecule has 0 saturated heterocycles. The van der Waals surface area contributed by atoms with Gasteiger partial charge in [0.05, 0.1) is 0 Å². The molecule has 0 radical (unpaired) electrons. The average molecular weight is 274 g/mol. The Morgan fingerprint density at radius 3 is 2.10 bits per heavy atom. The van der Waals surface area contributed by atoms with E-state index >= 15 is 0 Å². The summed E-state index contributed by atoms with van der Waals surface area (Å²) in [4.78, 5) is 0. The third kappa shape index (κ3) is 2.55. The van der Waals surface area contributed by atoms with Gasteiger partial charge in [0.1, 0.15) is 5.75 Å². The van der Waals surface area contributed by atoms with E-state index in [0.717, 1.165) is 22.3 Å². The molecule has 104 valence electrons. The maximum absolute atomic E-state index is 10.7. The summed E-state index contributed by atoms with van der Waals surface area (Å²) in [6, 6.07) is 22.2. The summed E-state index contributed by atoms with van der Waals surface area (Å²) in [5, 5.41) is 10.7. The molecule has 1 N–H and O–H groups in total. The predicted molar refractivity (Wildman–Crippen MR) is 88.5 cm³/mol. The molecule has 0 aromatic heterocycles. The third-order valence-corrected chi connectivity index (χ3v) is 3.79. The van der Waals surface area contributed by atoms with E-state index in [1.54, 1.807) is 0 Å². The average Bonchev–Trinajstić information content (AvgIpc) is 2.49. The van der Waals surface area contributed by atoms with Crippen LogP contribution in [0.4, 0.5) is 0 Å². The second kappa shape index (κ2) is 5.45. The Bertz CT molecular complexity index is 773. The lowest BCUT2D eigenvalue weighted by Gasteiger charge is -2.12. The van der Waals surface area contributed by atoms with E-state index < -0.39 is 0 Å². The molecule has 0 spiro atoms. The lowest BCUT2D eigenvalue weighted by Crippen LogP contribution is -1.87. The normalized spacial score (nSPS) is 10.6. The molecule has 3 rings (SSSR count). The number of aromatic hydroxyl groups is 1. The van der Waals surface area contributed by atoms with E-state index in [-0.39, 0.29) is 0 Å². The van der Waals surface area contributed by atoms with E-state index in [4.69, 9.17) is 0 Å². The quantitative estimate of drug-likeness (QED) is 0.668. The maximum atomic E-state index is 10.7. The lowest BCUT2D eigenvalue weighted by atomic mass is 9.94. The van der Waals surface area contributed by atoms with Crippen LogP contribution in [0.2, 0.25) is 0 Å². The van der Waals surface area contributed by atoms with E-state index in [1.807, 2.05) is 48.5 Å². The number of hydrogen-bond acceptors (Lipinski definition) is 1. The van der Waals surface area contributed by atoms with Crippen LogP contribution in [0.1, 0.15) is 11.1 Å². The van der Waals surface area contributed by atoms with Crippen LogP contribution in [0, 0.1) is 13.8 Å². The predicted octanol–water partition coefficient (Wildman–Crippen LogP) is 5.34. The van der Waals surface area contributed by atoms with Gasteiger partial charge in [-0.15, -0.1) is 0 Å². The third-order valence-electron chi connectivity index (χ3n) is 3.79. The number of hydrogen-bond donors (Lipinski definition) is 1. The largest absolute Gasteiger partial charge is 0.507 e. The standard InChI is InChI=1S/C20H18O/c1-14-11-12-17(15(2)13-14)19-10-6-9-18(20(19)21)16-7-4-3-5-8-16/h3-13,21H,1-2H3. The van der Waals surface area contributed by atoms with E-state index in [1.165, 1.54) is 11.1 Å². The summed E-state index contributed by atoms with van der Waals surface area (Å²) in [6.45, 7) is 4.16. The minimum atomic E-state index is 0.343. The number of benzene rings is 3. The minimum Gasteiger partial charge on any atom is -0.507 e. The summed E-state index contributed by atoms with van der Waals surface area (Å²) < 4.78 is 0. The van der Waals surface area contributed by atoms with Gasteiger partial charge < -0.3 is 5.11 Å². The molecular formula is C20H18O. The highest BCUT2D eigenvalue weighted by molar-refractivity contribution is 5.83. The molecule has 0 amide bonds. The van der Waals surface area contributed by atoms with Crippen molar-refractivity contribution in [3.63, 3.8) is 0 Å². The molecule has 0 atom stereocenters. The van der Waals surface area contributed by atoms with E-state index in [9.17, 15) is 5.11 Å². The van der Waals surface area contributed by atoms with Crippen molar-refractivity contribution < 1.29 is 5.11 Å². The molecular weight excluding hydrogens is 256 g/mol. The summed E-state index contributed by atoms with van der Waals surface area (Å²) in [7, 11) is 0. The van der Waals surface area contributed by atoms with Crippen LogP contribution in [-0.4, -0.2) is 5.11 Å². The smallest absolute Gasteiger partial charge is 0.131 e. The first-order valence-electron chi connectivity index (χ1n) is 7.12. The number of rotatable bonds is 2. The van der Waals surface area contributed by atoms with Gasteiger partial charge in [0.25, 0.3) is 0 Å². The maximum Gasteiger partial charge on any atom is 0.131 e. The highest BCUT2D eigenvalue weighted by Crippen LogP contribution is 2.39. The molecule has 0 heterocycles. The van der Waals surface area contributed by atoms with Crippen LogP contribution >= 0.6 is 0 Å². The van der Waals surface area contributed by atoms with Gasteiger partial charge >= 0.3 is 0 Å². The first kappa shape index (κ1) is 13.4. The second-order valence-electron chi connectivity index (χ2n) is 5.39. The Hall–Kier alpha value is -2.54. The molecule has 3 aromatic carbocycles. The highest BCUT2D eigenvalue weighted by Gasteiger charge is 2.12. The molecule has 0 unspecified atom stereocenters. The molecule has 3 aromatic rings. The zero-order chi connectivity index (χ0) is 14.8. The monoisotopic (exact) mass is 274 g/mol. The van der Waals surface area contributed by atoms with Gasteiger partial charge in [0.2, 0.25) is 0 Å². The van der Waals surface area contributed by atoms with Crippen LogP contribution in [0.5, 0.6) is 5.75 Å². The zero-order valence-corrected chi connectivity index (χ0v) is 12.3. The zero-order valence-electron chi connectivity index (χ0n) is 12.3. The fraction of sp³-hybridized carbons (Fsp3) is 0.100. The van der Waals surface area contributed by atoms with Crippen molar-refractivity contribution in [2.24, 2.45) is 0 Å². The van der Waals surface area contributed by atoms with Crippen LogP contribution in [0.15, 0.2) is 66.7 Å². The Balaban J connectivity index is 2.17. The number of aryl methyl sites for hydroxylation is 2. The molecule has 1 nitrogen and oxygen atoms in total. The summed E-state index contributed by atoms with van der Waals surface area (Å²) in [5.41, 5.74) is 6.27. The van der Waals surface area contributed by atoms with Crippen molar-refractivity contribution in [3.8, 4) is 28.0 Å². The molecule has 0 aliphatic rings. The Morgan fingerprint density at radius 1 is 0.667 bits per heavy atom. The van der Waals surface area contributed by atoms with Gasteiger partial charge in [-0.05, 0) is 30.5 Å². The highest BCUT2D eigenvalue weighted by atomic mass is 16.3. The Kier molecular flexibility index (Phi) is 3.49. The van der Waals surface area contributed by atoms with Crippen molar-refractivity contribution >= 4 is 0 Å². The molecule has 0 aliphatic carbocycles. The van der Waals surface area contributed by atoms with Gasteiger partial charge in [-0.1, -0.05) is 72.3 Å². The molecule has 0 bridgehead atoms. The summed E-state index contributed by atoms with van der Waals surface area (Å²) in [5.74, 6) is 0.343. The Labute approximate surface area is 125 Å². The van der Waals surface area contributed by atoms with Crippen LogP contribution < -0.4 is 0 Å². The van der Waals surface area contributed by atoms with Gasteiger partial charge in [-0.2, -0.15) is 0 Å². The van der Waals surface area contributed by atoms with Crippen molar-refractivity contribution in [2.75, 3.05) is 0 Å². The molecule has 0 saturated carbocycles. The summed E-state index contributed by atoms with van der Waals surface area (Å²) in [6.07, 6.45) is 0. The van der Waals surface area contributed by atoms with Crippen molar-refractivity contribution in [3.05, 3.63) is 77.9 Å². The molecule has 21 heavy (non-hydrogen) atoms. The number of para-hydroxylation sites is 1. The fourth-order valence-electron chi connectivity index (χ4n) is 2.73. The van der Waals surface area contributed by atoms with E-state index in [2.05, 4.69) is 32.0 Å². The molecule has 0 aliphatic heterocycles. The second-order valence-corrected chi connectivity index (χ2v) is 5.39. The van der Waals surface area contributed by atoms with Crippen molar-refractivity contribution in [1.29, 1.82) is 0 Å². The lowest BCUT2D eigenvalue weighted by molar-refractivity contribution is 0.479.